The minimum atomic E-state index is -3.57. The van der Waals surface area contributed by atoms with Crippen molar-refractivity contribution in [2.75, 3.05) is 12.8 Å². The molecule has 3 aromatic carbocycles. The van der Waals surface area contributed by atoms with E-state index in [0.717, 1.165) is 30.0 Å². The molecule has 12 heteroatoms. The molecule has 2 heterocycles. The number of aromatic nitrogens is 2. The summed E-state index contributed by atoms with van der Waals surface area (Å²) >= 11 is 13.1. The fourth-order valence-corrected chi connectivity index (χ4v) is 8.01. The third-order valence-corrected chi connectivity index (χ3v) is 9.79. The Balaban J connectivity index is 1.40. The second kappa shape index (κ2) is 12.5. The molecule has 0 bridgehead atoms. The van der Waals surface area contributed by atoms with Gasteiger partial charge < -0.3 is 10.2 Å². The molecule has 1 aliphatic carbocycles. The fourth-order valence-electron chi connectivity index (χ4n) is 6.66. The van der Waals surface area contributed by atoms with Crippen molar-refractivity contribution in [3.63, 3.8) is 0 Å². The molecule has 44 heavy (non-hydrogen) atoms. The summed E-state index contributed by atoms with van der Waals surface area (Å²) < 4.78 is 29.4. The van der Waals surface area contributed by atoms with Gasteiger partial charge in [-0.3, -0.25) is 14.3 Å². The lowest BCUT2D eigenvalue weighted by molar-refractivity contribution is -0.124. The number of halogens is 2. The van der Waals surface area contributed by atoms with E-state index in [1.165, 1.54) is 0 Å². The molecule has 4 aromatic rings. The van der Waals surface area contributed by atoms with E-state index in [9.17, 15) is 18.0 Å². The molecular weight excluding hydrogens is 621 g/mol. The van der Waals surface area contributed by atoms with Gasteiger partial charge in [0.25, 0.3) is 5.91 Å². The highest BCUT2D eigenvalue weighted by Crippen LogP contribution is 2.47. The Hall–Kier alpha value is -3.44. The van der Waals surface area contributed by atoms with Crippen molar-refractivity contribution in [2.45, 2.75) is 56.3 Å². The van der Waals surface area contributed by atoms with Gasteiger partial charge in [0, 0.05) is 45.8 Å². The van der Waals surface area contributed by atoms with Crippen LogP contribution in [0.25, 0.3) is 10.9 Å². The number of carbonyl (C=O) groups is 2. The van der Waals surface area contributed by atoms with Crippen LogP contribution in [-0.2, 0) is 21.4 Å². The second-order valence-corrected chi connectivity index (χ2v) is 14.1. The number of hydrogen-bond donors (Lipinski definition) is 2. The molecule has 2 aliphatic rings. The Kier molecular flexibility index (Phi) is 8.70. The maximum atomic E-state index is 14.4. The number of carbonyl (C=O) groups excluding carboxylic acids is 2. The van der Waals surface area contributed by atoms with Crippen LogP contribution in [0, 0.1) is 0 Å². The summed E-state index contributed by atoms with van der Waals surface area (Å²) in [4.78, 5) is 30.3. The van der Waals surface area contributed by atoms with Crippen molar-refractivity contribution in [2.24, 2.45) is 0 Å². The predicted molar refractivity (Wildman–Crippen MR) is 171 cm³/mol. The third-order valence-electron chi connectivity index (χ3n) is 8.49. The first-order chi connectivity index (χ1) is 21.1. The van der Waals surface area contributed by atoms with Crippen LogP contribution in [0.1, 0.15) is 59.1 Å². The van der Waals surface area contributed by atoms with Crippen LogP contribution in [0.4, 0.5) is 0 Å². The second-order valence-electron chi connectivity index (χ2n) is 11.5. The summed E-state index contributed by atoms with van der Waals surface area (Å²) in [6, 6.07) is 18.1. The van der Waals surface area contributed by atoms with Crippen molar-refractivity contribution in [3.8, 4) is 0 Å². The minimum absolute atomic E-state index is 0.268. The van der Waals surface area contributed by atoms with E-state index in [1.807, 2.05) is 36.5 Å². The number of amides is 2. The Morgan fingerprint density at radius 1 is 1.00 bits per heavy atom. The van der Waals surface area contributed by atoms with Gasteiger partial charge in [-0.2, -0.15) is 5.10 Å². The van der Waals surface area contributed by atoms with Crippen molar-refractivity contribution in [1.82, 2.24) is 24.7 Å². The lowest BCUT2D eigenvalue weighted by Gasteiger charge is -2.49. The molecular formula is C32H33Cl2N5O4S. The summed E-state index contributed by atoms with van der Waals surface area (Å²) in [5.41, 5.74) is 2.45. The molecule has 1 fully saturated rings. The molecule has 2 amide bonds. The van der Waals surface area contributed by atoms with Gasteiger partial charge in [0.05, 0.1) is 30.3 Å². The SMILES string of the molecule is CS(=O)(=O)N[C@H]1CCCC[C@@H]1N1C(=O)c2ccccc2[C@@H](C(=O)NCCn2cc3ccccc3n2)[C@@H]1c1ccc(Cl)cc1Cl. The number of nitrogens with zero attached hydrogens (tertiary/aromatic N) is 3. The van der Waals surface area contributed by atoms with Crippen molar-refractivity contribution < 1.29 is 18.0 Å². The van der Waals surface area contributed by atoms with Gasteiger partial charge in [-0.15, -0.1) is 0 Å². The first-order valence-corrected chi connectivity index (χ1v) is 17.3. The van der Waals surface area contributed by atoms with E-state index in [-0.39, 0.29) is 11.8 Å². The lowest BCUT2D eigenvalue weighted by atomic mass is 9.76. The number of hydrogen-bond acceptors (Lipinski definition) is 5. The van der Waals surface area contributed by atoms with Gasteiger partial charge in [0.15, 0.2) is 0 Å². The van der Waals surface area contributed by atoms with Gasteiger partial charge >= 0.3 is 0 Å². The van der Waals surface area contributed by atoms with E-state index in [1.54, 1.807) is 46.0 Å². The number of rotatable bonds is 8. The smallest absolute Gasteiger partial charge is 0.255 e. The van der Waals surface area contributed by atoms with Crippen molar-refractivity contribution in [3.05, 3.63) is 99.7 Å². The zero-order chi connectivity index (χ0) is 31.0. The van der Waals surface area contributed by atoms with Crippen LogP contribution < -0.4 is 10.0 Å². The highest BCUT2D eigenvalue weighted by Gasteiger charge is 2.49. The zero-order valence-corrected chi connectivity index (χ0v) is 26.4. The van der Waals surface area contributed by atoms with Gasteiger partial charge in [0.2, 0.25) is 15.9 Å². The molecule has 0 spiro atoms. The highest BCUT2D eigenvalue weighted by molar-refractivity contribution is 7.88. The van der Waals surface area contributed by atoms with E-state index in [2.05, 4.69) is 15.1 Å². The molecule has 0 radical (unpaired) electrons. The van der Waals surface area contributed by atoms with Crippen LogP contribution in [0.2, 0.25) is 10.0 Å². The Labute approximate surface area is 266 Å². The van der Waals surface area contributed by atoms with Crippen LogP contribution in [0.3, 0.4) is 0 Å². The first-order valence-electron chi connectivity index (χ1n) is 14.6. The Morgan fingerprint density at radius 3 is 2.52 bits per heavy atom. The molecule has 1 aromatic heterocycles. The fraction of sp³-hybridized carbons (Fsp3) is 0.344. The molecule has 230 valence electrons. The maximum Gasteiger partial charge on any atom is 0.255 e. The van der Waals surface area contributed by atoms with E-state index in [0.29, 0.717) is 52.7 Å². The maximum absolute atomic E-state index is 14.4. The number of sulfonamides is 1. The van der Waals surface area contributed by atoms with Crippen LogP contribution in [0.5, 0.6) is 0 Å². The van der Waals surface area contributed by atoms with E-state index in [4.69, 9.17) is 23.2 Å². The van der Waals surface area contributed by atoms with Gasteiger partial charge in [0.1, 0.15) is 0 Å². The summed E-state index contributed by atoms with van der Waals surface area (Å²) in [5.74, 6) is -1.36. The largest absolute Gasteiger partial charge is 0.354 e. The minimum Gasteiger partial charge on any atom is -0.354 e. The van der Waals surface area contributed by atoms with Gasteiger partial charge in [-0.05, 0) is 48.2 Å². The van der Waals surface area contributed by atoms with E-state index >= 15 is 0 Å². The summed E-state index contributed by atoms with van der Waals surface area (Å²) in [5, 5.41) is 9.43. The normalized spacial score (nSPS) is 22.2. The summed E-state index contributed by atoms with van der Waals surface area (Å²) in [6.45, 7) is 0.759. The highest BCUT2D eigenvalue weighted by atomic mass is 35.5. The van der Waals surface area contributed by atoms with Crippen LogP contribution >= 0.6 is 23.2 Å². The summed E-state index contributed by atoms with van der Waals surface area (Å²) in [6.07, 6.45) is 5.84. The molecule has 2 N–H and O–H groups in total. The standard InChI is InChI=1S/C32H33Cl2N5O4S/c1-44(42,43)37-27-12-6-7-13-28(27)39-30(24-15-14-21(33)18-25(24)34)29(22-9-3-4-10-23(22)32(39)41)31(40)35-16-17-38-19-20-8-2-5-11-26(20)36-38/h2-5,8-11,14-15,18-19,27-30,37H,6-7,12-13,16-17H2,1H3,(H,35,40)/t27-,28-,29+,30-/m0/s1. The number of fused-ring (bicyclic) bond motifs is 2. The lowest BCUT2D eigenvalue weighted by Crippen LogP contribution is -2.59. The Bertz CT molecular complexity index is 1800. The monoisotopic (exact) mass is 653 g/mol. The average molecular weight is 655 g/mol. The first kappa shape index (κ1) is 30.6. The molecule has 0 unspecified atom stereocenters. The van der Waals surface area contributed by atoms with Crippen molar-refractivity contribution >= 4 is 55.9 Å². The van der Waals surface area contributed by atoms with Crippen LogP contribution in [0.15, 0.2) is 72.9 Å². The quantitative estimate of drug-likeness (QED) is 0.268. The number of benzene rings is 3. The predicted octanol–water partition coefficient (Wildman–Crippen LogP) is 5.30. The molecule has 4 atom stereocenters. The van der Waals surface area contributed by atoms with Crippen molar-refractivity contribution in [1.29, 1.82) is 0 Å². The third kappa shape index (κ3) is 6.21. The van der Waals surface area contributed by atoms with Gasteiger partial charge in [-0.1, -0.05) is 78.5 Å². The Morgan fingerprint density at radius 2 is 1.75 bits per heavy atom. The zero-order valence-electron chi connectivity index (χ0n) is 24.1. The molecule has 1 saturated carbocycles. The summed E-state index contributed by atoms with van der Waals surface area (Å²) in [7, 11) is -3.57. The van der Waals surface area contributed by atoms with Crippen LogP contribution in [-0.4, -0.2) is 59.8 Å². The van der Waals surface area contributed by atoms with Gasteiger partial charge in [-0.25, -0.2) is 13.1 Å². The molecule has 9 nitrogen and oxygen atoms in total. The molecule has 1 aliphatic heterocycles. The van der Waals surface area contributed by atoms with E-state index < -0.39 is 34.1 Å². The number of nitrogens with one attached hydrogen (secondary N) is 2. The molecule has 0 saturated heterocycles. The average Bonchev–Trinajstić information content (AvgIpc) is 3.40. The molecule has 6 rings (SSSR count). The topological polar surface area (TPSA) is 113 Å².